The van der Waals surface area contributed by atoms with Gasteiger partial charge in [0.15, 0.2) is 0 Å². The molecule has 3 heterocycles. The summed E-state index contributed by atoms with van der Waals surface area (Å²) < 4.78 is 7.40. The summed E-state index contributed by atoms with van der Waals surface area (Å²) in [4.78, 5) is 4.99. The Morgan fingerprint density at radius 3 is 2.33 bits per heavy atom. The molecule has 2 aliphatic heterocycles. The normalized spacial score (nSPS) is 24.5. The largest absolute Gasteiger partial charge is 0.396 e. The van der Waals surface area contributed by atoms with E-state index in [1.165, 1.54) is 11.1 Å². The van der Waals surface area contributed by atoms with Crippen molar-refractivity contribution in [1.29, 1.82) is 0 Å². The highest BCUT2D eigenvalue weighted by molar-refractivity contribution is 5.23. The molecule has 0 bridgehead atoms. The molecule has 2 atom stereocenters. The lowest BCUT2D eigenvalue weighted by atomic mass is 9.96. The first-order valence-corrected chi connectivity index (χ1v) is 9.99. The molecule has 0 aliphatic carbocycles. The molecule has 6 nitrogen and oxygen atoms in total. The van der Waals surface area contributed by atoms with E-state index in [1.54, 1.807) is 0 Å². The third-order valence-electron chi connectivity index (χ3n) is 5.82. The Morgan fingerprint density at radius 1 is 0.963 bits per heavy atom. The van der Waals surface area contributed by atoms with Gasteiger partial charge in [0.1, 0.15) is 0 Å². The molecular formula is C21H30N4O2. The zero-order chi connectivity index (χ0) is 18.5. The van der Waals surface area contributed by atoms with Crippen LogP contribution in [0.3, 0.4) is 0 Å². The van der Waals surface area contributed by atoms with E-state index in [2.05, 4.69) is 39.2 Å². The number of nitrogens with zero attached hydrogens (tertiary/aromatic N) is 4. The quantitative estimate of drug-likeness (QED) is 0.796. The summed E-state index contributed by atoms with van der Waals surface area (Å²) in [5, 5.41) is 14.1. The summed E-state index contributed by atoms with van der Waals surface area (Å²) in [6.45, 7) is 8.90. The van der Waals surface area contributed by atoms with Crippen LogP contribution in [0.2, 0.25) is 0 Å². The van der Waals surface area contributed by atoms with Crippen LogP contribution in [0.1, 0.15) is 11.1 Å². The summed E-state index contributed by atoms with van der Waals surface area (Å²) in [6.07, 6.45) is 3.80. The Hall–Kier alpha value is -1.73. The maximum absolute atomic E-state index is 9.83. The van der Waals surface area contributed by atoms with Gasteiger partial charge in [-0.15, -0.1) is 0 Å². The van der Waals surface area contributed by atoms with Crippen molar-refractivity contribution in [2.24, 2.45) is 11.8 Å². The molecule has 6 heteroatoms. The van der Waals surface area contributed by atoms with E-state index in [4.69, 9.17) is 4.74 Å². The number of benzene rings is 1. The molecule has 27 heavy (non-hydrogen) atoms. The van der Waals surface area contributed by atoms with Gasteiger partial charge in [-0.25, -0.2) is 0 Å². The Labute approximate surface area is 161 Å². The number of morpholine rings is 1. The highest BCUT2D eigenvalue weighted by Gasteiger charge is 2.33. The first-order chi connectivity index (χ1) is 13.3. The van der Waals surface area contributed by atoms with Gasteiger partial charge in [0.05, 0.1) is 19.8 Å². The summed E-state index contributed by atoms with van der Waals surface area (Å²) >= 11 is 0. The summed E-state index contributed by atoms with van der Waals surface area (Å²) in [5.41, 5.74) is 2.60. The molecule has 2 saturated heterocycles. The molecule has 2 fully saturated rings. The highest BCUT2D eigenvalue weighted by Crippen LogP contribution is 2.26. The molecule has 1 aromatic heterocycles. The van der Waals surface area contributed by atoms with Crippen molar-refractivity contribution in [3.63, 3.8) is 0 Å². The van der Waals surface area contributed by atoms with Gasteiger partial charge >= 0.3 is 0 Å². The number of rotatable bonds is 7. The van der Waals surface area contributed by atoms with Gasteiger partial charge in [0.2, 0.25) is 0 Å². The van der Waals surface area contributed by atoms with Crippen molar-refractivity contribution >= 4 is 0 Å². The van der Waals surface area contributed by atoms with Gasteiger partial charge < -0.3 is 9.84 Å². The maximum atomic E-state index is 9.83. The summed E-state index contributed by atoms with van der Waals surface area (Å²) in [7, 11) is 0. The molecule has 2 aromatic rings. The van der Waals surface area contributed by atoms with Crippen molar-refractivity contribution in [2.45, 2.75) is 13.1 Å². The van der Waals surface area contributed by atoms with Gasteiger partial charge in [-0.1, -0.05) is 24.3 Å². The Morgan fingerprint density at radius 2 is 1.67 bits per heavy atom. The first-order valence-electron chi connectivity index (χ1n) is 9.99. The van der Waals surface area contributed by atoms with Crippen LogP contribution in [0, 0.1) is 11.8 Å². The second-order valence-corrected chi connectivity index (χ2v) is 7.83. The van der Waals surface area contributed by atoms with Crippen molar-refractivity contribution < 1.29 is 9.84 Å². The first kappa shape index (κ1) is 18.6. The minimum atomic E-state index is 0.286. The SMILES string of the molecule is OC[C@H]1CN(Cc2ccc(Cn3cccn3)cc2)C[C@H]1CN1CCOCC1. The minimum absolute atomic E-state index is 0.286. The lowest BCUT2D eigenvalue weighted by Crippen LogP contribution is -2.41. The van der Waals surface area contributed by atoms with E-state index in [9.17, 15) is 5.11 Å². The van der Waals surface area contributed by atoms with E-state index in [1.807, 2.05) is 23.1 Å². The van der Waals surface area contributed by atoms with Gasteiger partial charge in [-0.2, -0.15) is 5.10 Å². The third-order valence-corrected chi connectivity index (χ3v) is 5.82. The smallest absolute Gasteiger partial charge is 0.0659 e. The molecule has 0 amide bonds. The van der Waals surface area contributed by atoms with Crippen LogP contribution >= 0.6 is 0 Å². The molecule has 0 radical (unpaired) electrons. The topological polar surface area (TPSA) is 53.8 Å². The second kappa shape index (κ2) is 8.97. The average molecular weight is 370 g/mol. The fourth-order valence-corrected chi connectivity index (χ4v) is 4.28. The molecule has 0 unspecified atom stereocenters. The van der Waals surface area contributed by atoms with Gasteiger partial charge in [-0.05, 0) is 29.0 Å². The van der Waals surface area contributed by atoms with Crippen molar-refractivity contribution in [1.82, 2.24) is 19.6 Å². The van der Waals surface area contributed by atoms with Crippen molar-refractivity contribution in [3.8, 4) is 0 Å². The van der Waals surface area contributed by atoms with E-state index in [0.717, 1.165) is 59.0 Å². The van der Waals surface area contributed by atoms with Crippen LogP contribution in [-0.4, -0.2) is 77.2 Å². The number of hydrogen-bond donors (Lipinski definition) is 1. The van der Waals surface area contributed by atoms with Gasteiger partial charge in [-0.3, -0.25) is 14.5 Å². The van der Waals surface area contributed by atoms with Crippen molar-refractivity contribution in [2.75, 3.05) is 52.5 Å². The standard InChI is InChI=1S/C21H30N4O2/c26-17-21-16-24(15-20(21)14-23-8-10-27-11-9-23)12-18-2-4-19(5-3-18)13-25-7-1-6-22-25/h1-7,20-21,26H,8-17H2/t20-,21-/m1/s1. The predicted molar refractivity (Wildman–Crippen MR) is 104 cm³/mol. The number of hydrogen-bond acceptors (Lipinski definition) is 5. The molecule has 146 valence electrons. The minimum Gasteiger partial charge on any atom is -0.396 e. The predicted octanol–water partition coefficient (Wildman–Crippen LogP) is 1.30. The maximum Gasteiger partial charge on any atom is 0.0659 e. The fraction of sp³-hybridized carbons (Fsp3) is 0.571. The lowest BCUT2D eigenvalue weighted by molar-refractivity contribution is 0.0264. The summed E-state index contributed by atoms with van der Waals surface area (Å²) in [5.74, 6) is 0.930. The molecule has 4 rings (SSSR count). The zero-order valence-electron chi connectivity index (χ0n) is 15.9. The van der Waals surface area contributed by atoms with E-state index >= 15 is 0 Å². The van der Waals surface area contributed by atoms with Crippen LogP contribution in [-0.2, 0) is 17.8 Å². The van der Waals surface area contributed by atoms with Crippen LogP contribution in [0.15, 0.2) is 42.7 Å². The number of aromatic nitrogens is 2. The Kier molecular flexibility index (Phi) is 6.19. The average Bonchev–Trinajstić information content (AvgIpc) is 3.34. The second-order valence-electron chi connectivity index (χ2n) is 7.83. The number of aliphatic hydroxyl groups is 1. The molecular weight excluding hydrogens is 340 g/mol. The van der Waals surface area contributed by atoms with E-state index < -0.39 is 0 Å². The zero-order valence-corrected chi connectivity index (χ0v) is 15.9. The molecule has 1 N–H and O–H groups in total. The van der Waals surface area contributed by atoms with E-state index in [-0.39, 0.29) is 6.61 Å². The molecule has 1 aromatic carbocycles. The fourth-order valence-electron chi connectivity index (χ4n) is 4.28. The summed E-state index contributed by atoms with van der Waals surface area (Å²) in [6, 6.07) is 10.8. The monoisotopic (exact) mass is 370 g/mol. The molecule has 0 saturated carbocycles. The van der Waals surface area contributed by atoms with Crippen LogP contribution in [0.4, 0.5) is 0 Å². The van der Waals surface area contributed by atoms with Crippen LogP contribution in [0.5, 0.6) is 0 Å². The Bertz CT molecular complexity index is 683. The van der Waals surface area contributed by atoms with Crippen LogP contribution < -0.4 is 0 Å². The Balaban J connectivity index is 1.31. The lowest BCUT2D eigenvalue weighted by Gasteiger charge is -2.30. The van der Waals surface area contributed by atoms with Crippen LogP contribution in [0.25, 0.3) is 0 Å². The van der Waals surface area contributed by atoms with E-state index in [0.29, 0.717) is 11.8 Å². The van der Waals surface area contributed by atoms with Crippen molar-refractivity contribution in [3.05, 3.63) is 53.9 Å². The highest BCUT2D eigenvalue weighted by atomic mass is 16.5. The number of likely N-dealkylation sites (tertiary alicyclic amines) is 1. The van der Waals surface area contributed by atoms with Gasteiger partial charge in [0, 0.05) is 58.3 Å². The number of ether oxygens (including phenoxy) is 1. The number of aliphatic hydroxyl groups excluding tert-OH is 1. The van der Waals surface area contributed by atoms with Gasteiger partial charge in [0.25, 0.3) is 0 Å². The molecule has 2 aliphatic rings. The third kappa shape index (κ3) is 4.96. The molecule has 0 spiro atoms.